The van der Waals surface area contributed by atoms with Gasteiger partial charge in [0.2, 0.25) is 11.8 Å². The molecular weight excluding hydrogens is 624 g/mol. The molecule has 0 spiro atoms. The van der Waals surface area contributed by atoms with E-state index in [0.29, 0.717) is 35.8 Å². The summed E-state index contributed by atoms with van der Waals surface area (Å²) in [5.41, 5.74) is 1.82. The van der Waals surface area contributed by atoms with Gasteiger partial charge in [-0.25, -0.2) is 4.79 Å². The van der Waals surface area contributed by atoms with Crippen LogP contribution in [0, 0.1) is 17.8 Å². The lowest BCUT2D eigenvalue weighted by Gasteiger charge is -2.26. The third-order valence-corrected chi connectivity index (χ3v) is 8.73. The van der Waals surface area contributed by atoms with Crippen LogP contribution in [0.5, 0.6) is 5.75 Å². The molecule has 2 amide bonds. The highest BCUT2D eigenvalue weighted by Gasteiger charge is 2.44. The average molecular weight is 671 g/mol. The Labute approximate surface area is 282 Å². The third-order valence-electron chi connectivity index (χ3n) is 8.43. The lowest BCUT2D eigenvalue weighted by molar-refractivity contribution is -0.175. The van der Waals surface area contributed by atoms with Crippen LogP contribution in [-0.4, -0.2) is 61.3 Å². The molecule has 0 saturated carbocycles. The number of carbonyl (C=O) groups is 4. The van der Waals surface area contributed by atoms with E-state index in [2.05, 4.69) is 17.6 Å². The standard InChI is InChI=1S/C36H47ClN2O8/c1-6-44-29-15-13-24(17-27(29)37)18-28-34(41)38-20-23(5)35(42)46-30(16-21(2)3)36(43)45-26(19-31(40)39-28)14-12-22(4)32-33(47-32)25-10-8-7-9-11-25/h7-11,13,15,17,21-23,26,28,30,32-33H,6,12,14,16,18-20H2,1-5H3,(H,38,41)(H,39,40)/t22-,23?,26+,28+,30?,32?,33?/m0/s1. The van der Waals surface area contributed by atoms with Crippen molar-refractivity contribution < 1.29 is 38.1 Å². The summed E-state index contributed by atoms with van der Waals surface area (Å²) in [7, 11) is 0. The maximum absolute atomic E-state index is 13.5. The number of hydrogen-bond donors (Lipinski definition) is 2. The van der Waals surface area contributed by atoms with Gasteiger partial charge >= 0.3 is 11.9 Å². The van der Waals surface area contributed by atoms with Crippen molar-refractivity contribution in [3.8, 4) is 5.75 Å². The Balaban J connectivity index is 1.52. The van der Waals surface area contributed by atoms with E-state index in [4.69, 9.17) is 30.5 Å². The SMILES string of the molecule is CCOc1ccc(C[C@H]2NC(=O)C[C@@H](CC[C@H](C)C3OC3c3ccccc3)OC(=O)C(CC(C)C)OC(=O)C(C)CNC2=O)cc1Cl. The van der Waals surface area contributed by atoms with Crippen LogP contribution in [-0.2, 0) is 39.8 Å². The van der Waals surface area contributed by atoms with E-state index in [1.165, 1.54) is 0 Å². The molecule has 4 rings (SSSR count). The number of hydrogen-bond acceptors (Lipinski definition) is 8. The molecule has 0 aromatic heterocycles. The second kappa shape index (κ2) is 17.0. The van der Waals surface area contributed by atoms with Crippen LogP contribution in [0.3, 0.4) is 0 Å². The first-order chi connectivity index (χ1) is 22.4. The van der Waals surface area contributed by atoms with Gasteiger partial charge in [-0.05, 0) is 61.3 Å². The van der Waals surface area contributed by atoms with Gasteiger partial charge in [-0.1, -0.05) is 75.7 Å². The number of halogens is 1. The molecule has 2 heterocycles. The number of benzene rings is 2. The molecule has 2 aliphatic rings. The second-order valence-electron chi connectivity index (χ2n) is 13.0. The Kier molecular flexibility index (Phi) is 13.1. The summed E-state index contributed by atoms with van der Waals surface area (Å²) in [5, 5.41) is 5.99. The number of esters is 2. The van der Waals surface area contributed by atoms with Gasteiger partial charge in [-0.15, -0.1) is 0 Å². The molecule has 7 atom stereocenters. The monoisotopic (exact) mass is 670 g/mol. The molecule has 0 bridgehead atoms. The van der Waals surface area contributed by atoms with Gasteiger partial charge in [0.15, 0.2) is 6.10 Å². The van der Waals surface area contributed by atoms with E-state index in [1.54, 1.807) is 25.1 Å². The van der Waals surface area contributed by atoms with Crippen LogP contribution in [0.4, 0.5) is 0 Å². The van der Waals surface area contributed by atoms with E-state index >= 15 is 0 Å². The highest BCUT2D eigenvalue weighted by atomic mass is 35.5. The lowest BCUT2D eigenvalue weighted by Crippen LogP contribution is -2.50. The molecule has 2 fully saturated rings. The Morgan fingerprint density at radius 2 is 1.74 bits per heavy atom. The van der Waals surface area contributed by atoms with E-state index in [0.717, 1.165) is 5.56 Å². The van der Waals surface area contributed by atoms with Crippen molar-refractivity contribution in [2.24, 2.45) is 17.8 Å². The molecule has 2 aromatic rings. The number of rotatable bonds is 11. The van der Waals surface area contributed by atoms with Gasteiger partial charge in [0.1, 0.15) is 24.0 Å². The molecule has 2 saturated heterocycles. The summed E-state index contributed by atoms with van der Waals surface area (Å²) >= 11 is 6.39. The fourth-order valence-electron chi connectivity index (χ4n) is 5.71. The average Bonchev–Trinajstić information content (AvgIpc) is 3.84. The normalized spacial score (nSPS) is 26.4. The zero-order chi connectivity index (χ0) is 34.1. The minimum atomic E-state index is -1.13. The van der Waals surface area contributed by atoms with E-state index < -0.39 is 47.9 Å². The van der Waals surface area contributed by atoms with Gasteiger partial charge in [0, 0.05) is 13.0 Å². The van der Waals surface area contributed by atoms with Crippen LogP contribution >= 0.6 is 11.6 Å². The summed E-state index contributed by atoms with van der Waals surface area (Å²) in [6, 6.07) is 14.2. The number of nitrogens with one attached hydrogen (secondary N) is 2. The minimum absolute atomic E-state index is 0.00763. The first-order valence-electron chi connectivity index (χ1n) is 16.5. The summed E-state index contributed by atoms with van der Waals surface area (Å²) in [4.78, 5) is 53.3. The van der Waals surface area contributed by atoms with Crippen LogP contribution < -0.4 is 15.4 Å². The number of ether oxygens (including phenoxy) is 4. The first-order valence-corrected chi connectivity index (χ1v) is 16.9. The molecular formula is C36H47ClN2O8. The molecule has 2 aromatic carbocycles. The third kappa shape index (κ3) is 10.7. The molecule has 4 unspecified atom stereocenters. The van der Waals surface area contributed by atoms with Crippen molar-refractivity contribution in [1.29, 1.82) is 0 Å². The zero-order valence-corrected chi connectivity index (χ0v) is 28.6. The fourth-order valence-corrected chi connectivity index (χ4v) is 5.97. The van der Waals surface area contributed by atoms with Gasteiger partial charge in [-0.3, -0.25) is 14.4 Å². The van der Waals surface area contributed by atoms with Crippen molar-refractivity contribution in [3.05, 3.63) is 64.7 Å². The van der Waals surface area contributed by atoms with Crippen molar-refractivity contribution >= 4 is 35.4 Å². The molecule has 10 nitrogen and oxygen atoms in total. The number of cyclic esters (lactones) is 2. The molecule has 2 aliphatic heterocycles. The largest absolute Gasteiger partial charge is 0.492 e. The predicted molar refractivity (Wildman–Crippen MR) is 177 cm³/mol. The highest BCUT2D eigenvalue weighted by Crippen LogP contribution is 2.44. The predicted octanol–water partition coefficient (Wildman–Crippen LogP) is 5.35. The maximum Gasteiger partial charge on any atom is 0.347 e. The smallest absolute Gasteiger partial charge is 0.347 e. The fraction of sp³-hybridized carbons (Fsp3) is 0.556. The molecule has 47 heavy (non-hydrogen) atoms. The molecule has 256 valence electrons. The van der Waals surface area contributed by atoms with Crippen LogP contribution in [0.2, 0.25) is 5.02 Å². The molecule has 11 heteroatoms. The summed E-state index contributed by atoms with van der Waals surface area (Å²) in [5.74, 6) is -2.26. The summed E-state index contributed by atoms with van der Waals surface area (Å²) < 4.78 is 23.0. The van der Waals surface area contributed by atoms with Crippen molar-refractivity contribution in [1.82, 2.24) is 10.6 Å². The quantitative estimate of drug-likeness (QED) is 0.242. The Bertz CT molecular complexity index is 1390. The van der Waals surface area contributed by atoms with Gasteiger partial charge in [0.25, 0.3) is 0 Å². The van der Waals surface area contributed by atoms with Crippen LogP contribution in [0.15, 0.2) is 48.5 Å². The van der Waals surface area contributed by atoms with E-state index in [-0.39, 0.29) is 49.9 Å². The maximum atomic E-state index is 13.5. The molecule has 0 radical (unpaired) electrons. The van der Waals surface area contributed by atoms with Gasteiger partial charge in [-0.2, -0.15) is 0 Å². The highest BCUT2D eigenvalue weighted by molar-refractivity contribution is 6.32. The molecule has 0 aliphatic carbocycles. The minimum Gasteiger partial charge on any atom is -0.492 e. The topological polar surface area (TPSA) is 133 Å². The Morgan fingerprint density at radius 1 is 1.00 bits per heavy atom. The summed E-state index contributed by atoms with van der Waals surface area (Å²) in [6.07, 6.45) is -0.668. The van der Waals surface area contributed by atoms with Gasteiger partial charge in [0.05, 0.1) is 30.1 Å². The van der Waals surface area contributed by atoms with E-state index in [9.17, 15) is 19.2 Å². The van der Waals surface area contributed by atoms with Crippen molar-refractivity contribution in [3.63, 3.8) is 0 Å². The van der Waals surface area contributed by atoms with Crippen LogP contribution in [0.25, 0.3) is 0 Å². The first kappa shape index (κ1) is 36.2. The number of epoxide rings is 1. The van der Waals surface area contributed by atoms with Crippen molar-refractivity contribution in [2.45, 2.75) is 97.2 Å². The molecule has 2 N–H and O–H groups in total. The van der Waals surface area contributed by atoms with E-state index in [1.807, 2.05) is 51.1 Å². The zero-order valence-electron chi connectivity index (χ0n) is 27.8. The second-order valence-corrected chi connectivity index (χ2v) is 13.4. The Morgan fingerprint density at radius 3 is 2.43 bits per heavy atom. The van der Waals surface area contributed by atoms with Crippen molar-refractivity contribution in [2.75, 3.05) is 13.2 Å². The summed E-state index contributed by atoms with van der Waals surface area (Å²) in [6.45, 7) is 9.78. The van der Waals surface area contributed by atoms with Crippen LogP contribution in [0.1, 0.15) is 77.5 Å². The van der Waals surface area contributed by atoms with Gasteiger partial charge < -0.3 is 29.6 Å². The number of amides is 2. The Hall–Kier alpha value is -3.63. The number of carbonyl (C=O) groups excluding carboxylic acids is 4. The lowest BCUT2D eigenvalue weighted by atomic mass is 9.94.